The first kappa shape index (κ1) is 18.7. The fourth-order valence-corrected chi connectivity index (χ4v) is 7.23. The van der Waals surface area contributed by atoms with Crippen LogP contribution in [0.3, 0.4) is 0 Å². The molecular formula is C21H25N3OPS+. The van der Waals surface area contributed by atoms with Crippen LogP contribution in [0, 0.1) is 0 Å². The Bertz CT molecular complexity index is 831. The number of benzene rings is 2. The molecule has 6 heteroatoms. The molecular weight excluding hydrogens is 373 g/mol. The maximum Gasteiger partial charge on any atom is 0.205 e. The van der Waals surface area contributed by atoms with Gasteiger partial charge in [0.05, 0.1) is 33.2 Å². The van der Waals surface area contributed by atoms with Gasteiger partial charge >= 0.3 is 0 Å². The predicted molar refractivity (Wildman–Crippen MR) is 115 cm³/mol. The van der Waals surface area contributed by atoms with Crippen molar-refractivity contribution in [2.75, 3.05) is 33.2 Å². The van der Waals surface area contributed by atoms with Gasteiger partial charge in [0.2, 0.25) is 7.29 Å². The van der Waals surface area contributed by atoms with Crippen molar-refractivity contribution in [1.82, 2.24) is 10.2 Å². The molecule has 4 nitrogen and oxygen atoms in total. The van der Waals surface area contributed by atoms with E-state index in [4.69, 9.17) is 0 Å². The average molecular weight is 398 g/mol. The smallest absolute Gasteiger partial charge is 0.205 e. The molecule has 2 heterocycles. The first-order valence-corrected chi connectivity index (χ1v) is 12.0. The zero-order chi connectivity index (χ0) is 18.7. The van der Waals surface area contributed by atoms with Gasteiger partial charge < -0.3 is 4.90 Å². The Kier molecular flexibility index (Phi) is 5.67. The summed E-state index contributed by atoms with van der Waals surface area (Å²) in [5, 5.41) is 5.49. The van der Waals surface area contributed by atoms with Crippen molar-refractivity contribution >= 4 is 28.9 Å². The zero-order valence-corrected chi connectivity index (χ0v) is 17.2. The SMILES string of the molecule is C[NH+]1CCN(NP2(=O)C=C(c3ccccc3)SC(c3ccccc3)=C2)CC1. The number of nitrogens with one attached hydrogen (secondary N) is 2. The highest BCUT2D eigenvalue weighted by atomic mass is 32.2. The Morgan fingerprint density at radius 1 is 0.889 bits per heavy atom. The van der Waals surface area contributed by atoms with Crippen molar-refractivity contribution in [3.63, 3.8) is 0 Å². The summed E-state index contributed by atoms with van der Waals surface area (Å²) in [7, 11) is -0.617. The van der Waals surface area contributed by atoms with Crippen molar-refractivity contribution in [3.05, 3.63) is 83.4 Å². The van der Waals surface area contributed by atoms with Gasteiger partial charge in [-0.2, -0.15) is 5.20 Å². The molecule has 27 heavy (non-hydrogen) atoms. The maximum atomic E-state index is 13.8. The summed E-state index contributed by atoms with van der Waals surface area (Å²) >= 11 is 1.69. The Morgan fingerprint density at radius 3 is 1.85 bits per heavy atom. The molecule has 2 aliphatic heterocycles. The Labute approximate surface area is 165 Å². The van der Waals surface area contributed by atoms with Gasteiger partial charge in [0, 0.05) is 21.4 Å². The van der Waals surface area contributed by atoms with Gasteiger partial charge in [-0.1, -0.05) is 72.4 Å². The number of hydrogen-bond acceptors (Lipinski definition) is 3. The molecule has 0 bridgehead atoms. The van der Waals surface area contributed by atoms with E-state index in [-0.39, 0.29) is 0 Å². The highest BCUT2D eigenvalue weighted by molar-refractivity contribution is 8.17. The largest absolute Gasteiger partial charge is 0.335 e. The number of likely N-dealkylation sites (N-methyl/N-ethyl adjacent to an activating group) is 1. The molecule has 2 aromatic rings. The molecule has 2 N–H and O–H groups in total. The number of hydrazine groups is 1. The van der Waals surface area contributed by atoms with E-state index in [0.29, 0.717) is 0 Å². The topological polar surface area (TPSA) is 36.8 Å². The molecule has 0 amide bonds. The summed E-state index contributed by atoms with van der Waals surface area (Å²) in [5.41, 5.74) is 2.21. The van der Waals surface area contributed by atoms with Crippen LogP contribution in [0.1, 0.15) is 11.1 Å². The molecule has 0 aliphatic carbocycles. The summed E-state index contributed by atoms with van der Waals surface area (Å²) in [6.45, 7) is 3.94. The van der Waals surface area contributed by atoms with Gasteiger partial charge in [0.15, 0.2) is 0 Å². The van der Waals surface area contributed by atoms with Crippen molar-refractivity contribution in [2.24, 2.45) is 0 Å². The van der Waals surface area contributed by atoms with Crippen molar-refractivity contribution in [2.45, 2.75) is 0 Å². The number of piperazine rings is 1. The molecule has 140 valence electrons. The monoisotopic (exact) mass is 398 g/mol. The molecule has 0 unspecified atom stereocenters. The second-order valence-electron chi connectivity index (χ2n) is 7.07. The first-order valence-electron chi connectivity index (χ1n) is 9.29. The highest BCUT2D eigenvalue weighted by Gasteiger charge is 2.29. The van der Waals surface area contributed by atoms with Gasteiger partial charge in [-0.05, 0) is 11.1 Å². The standard InChI is InChI=1S/C21H24N3OPS/c1-23-12-14-24(15-13-23)22-26(25)16-20(18-8-4-2-5-9-18)27-21(17-26)19-10-6-3-7-11-19/h2-11,16-17H,12-15H2,1H3,(H,22,25)/p+1. The molecule has 2 aromatic carbocycles. The van der Waals surface area contributed by atoms with Crippen LogP contribution in [0.2, 0.25) is 0 Å². The van der Waals surface area contributed by atoms with Gasteiger partial charge in [-0.15, -0.1) is 0 Å². The molecule has 2 aliphatic rings. The maximum absolute atomic E-state index is 13.8. The van der Waals surface area contributed by atoms with Crippen LogP contribution in [-0.4, -0.2) is 38.2 Å². The summed E-state index contributed by atoms with van der Waals surface area (Å²) in [4.78, 5) is 3.62. The molecule has 0 spiro atoms. The van der Waals surface area contributed by atoms with Crippen LogP contribution in [0.15, 0.2) is 72.3 Å². The number of nitrogens with zero attached hydrogens (tertiary/aromatic N) is 1. The van der Waals surface area contributed by atoms with Gasteiger partial charge in [-0.3, -0.25) is 4.57 Å². The van der Waals surface area contributed by atoms with Gasteiger partial charge in [0.25, 0.3) is 0 Å². The van der Waals surface area contributed by atoms with E-state index in [0.717, 1.165) is 47.1 Å². The third kappa shape index (κ3) is 4.63. The average Bonchev–Trinajstić information content (AvgIpc) is 2.70. The Balaban J connectivity index is 1.67. The predicted octanol–water partition coefficient (Wildman–Crippen LogP) is 3.34. The van der Waals surface area contributed by atoms with Gasteiger partial charge in [0.1, 0.15) is 0 Å². The second-order valence-corrected chi connectivity index (χ2v) is 10.3. The molecule has 4 rings (SSSR count). The van der Waals surface area contributed by atoms with Crippen LogP contribution in [-0.2, 0) is 4.57 Å². The number of rotatable bonds is 4. The van der Waals surface area contributed by atoms with E-state index in [1.165, 1.54) is 4.90 Å². The summed E-state index contributed by atoms with van der Waals surface area (Å²) in [5.74, 6) is 3.87. The highest BCUT2D eigenvalue weighted by Crippen LogP contribution is 2.58. The lowest BCUT2D eigenvalue weighted by Gasteiger charge is -2.33. The van der Waals surface area contributed by atoms with E-state index < -0.39 is 7.29 Å². The number of hydrogen-bond donors (Lipinski definition) is 2. The van der Waals surface area contributed by atoms with E-state index in [2.05, 4.69) is 41.5 Å². The quantitative estimate of drug-likeness (QED) is 0.775. The number of quaternary nitrogens is 1. The normalized spacial score (nSPS) is 20.8. The minimum Gasteiger partial charge on any atom is -0.335 e. The first-order chi connectivity index (χ1) is 13.1. The molecule has 0 saturated carbocycles. The van der Waals surface area contributed by atoms with Crippen LogP contribution >= 0.6 is 19.1 Å². The molecule has 1 saturated heterocycles. The van der Waals surface area contributed by atoms with Crippen LogP contribution < -0.4 is 10.1 Å². The van der Waals surface area contributed by atoms with E-state index in [1.54, 1.807) is 11.8 Å². The fourth-order valence-electron chi connectivity index (χ4n) is 3.30. The molecule has 0 aromatic heterocycles. The minimum atomic E-state index is -2.82. The Hall–Kier alpha value is -1.62. The Morgan fingerprint density at radius 2 is 1.37 bits per heavy atom. The van der Waals surface area contributed by atoms with Crippen LogP contribution in [0.5, 0.6) is 0 Å². The van der Waals surface area contributed by atoms with E-state index in [9.17, 15) is 4.57 Å². The zero-order valence-electron chi connectivity index (χ0n) is 15.5. The third-order valence-corrected chi connectivity index (χ3v) is 8.24. The lowest BCUT2D eigenvalue weighted by atomic mass is 10.2. The summed E-state index contributed by atoms with van der Waals surface area (Å²) in [6.07, 6.45) is 0. The second kappa shape index (κ2) is 8.17. The molecule has 0 radical (unpaired) electrons. The third-order valence-electron chi connectivity index (χ3n) is 4.87. The van der Waals surface area contributed by atoms with E-state index in [1.807, 2.05) is 48.0 Å². The molecule has 0 atom stereocenters. The summed E-state index contributed by atoms with van der Waals surface area (Å²) in [6, 6.07) is 20.4. The molecule has 1 fully saturated rings. The summed E-state index contributed by atoms with van der Waals surface area (Å²) < 4.78 is 13.8. The van der Waals surface area contributed by atoms with E-state index >= 15 is 0 Å². The van der Waals surface area contributed by atoms with Crippen molar-refractivity contribution in [1.29, 1.82) is 0 Å². The van der Waals surface area contributed by atoms with Crippen LogP contribution in [0.4, 0.5) is 0 Å². The van der Waals surface area contributed by atoms with Gasteiger partial charge in [-0.25, -0.2) is 5.01 Å². The fraction of sp³-hybridized carbons (Fsp3) is 0.238. The number of thioether (sulfide) groups is 1. The van der Waals surface area contributed by atoms with Crippen LogP contribution in [0.25, 0.3) is 9.81 Å². The van der Waals surface area contributed by atoms with Crippen molar-refractivity contribution < 1.29 is 9.46 Å². The lowest BCUT2D eigenvalue weighted by molar-refractivity contribution is -0.884. The lowest BCUT2D eigenvalue weighted by Crippen LogP contribution is -3.12. The minimum absolute atomic E-state index is 0.909. The van der Waals surface area contributed by atoms with Crippen molar-refractivity contribution in [3.8, 4) is 0 Å².